The molecule has 2 heteroatoms. The SMILES string of the molecule is CC(C)CCCC1CCC(C)(C(=O)O)CC1. The van der Waals surface area contributed by atoms with Crippen LogP contribution >= 0.6 is 0 Å². The van der Waals surface area contributed by atoms with E-state index < -0.39 is 11.4 Å². The summed E-state index contributed by atoms with van der Waals surface area (Å²) in [5.41, 5.74) is -0.436. The fraction of sp³-hybridized carbons (Fsp3) is 0.929. The van der Waals surface area contributed by atoms with E-state index in [2.05, 4.69) is 13.8 Å². The molecule has 1 saturated carbocycles. The van der Waals surface area contributed by atoms with Crippen LogP contribution in [-0.2, 0) is 4.79 Å². The van der Waals surface area contributed by atoms with Gasteiger partial charge in [-0.2, -0.15) is 0 Å². The first-order valence-corrected chi connectivity index (χ1v) is 6.67. The number of carbonyl (C=O) groups is 1. The summed E-state index contributed by atoms with van der Waals surface area (Å²) in [4.78, 5) is 11.1. The lowest BCUT2D eigenvalue weighted by Gasteiger charge is -2.34. The maximum Gasteiger partial charge on any atom is 0.309 e. The van der Waals surface area contributed by atoms with Gasteiger partial charge in [0.2, 0.25) is 0 Å². The first kappa shape index (κ1) is 13.5. The lowest BCUT2D eigenvalue weighted by molar-refractivity contribution is -0.150. The van der Waals surface area contributed by atoms with Gasteiger partial charge in [-0.25, -0.2) is 0 Å². The highest BCUT2D eigenvalue weighted by Gasteiger charge is 2.37. The van der Waals surface area contributed by atoms with Crippen molar-refractivity contribution in [1.29, 1.82) is 0 Å². The van der Waals surface area contributed by atoms with Gasteiger partial charge in [-0.3, -0.25) is 4.79 Å². The molecular weight excluding hydrogens is 200 g/mol. The van der Waals surface area contributed by atoms with Crippen molar-refractivity contribution in [2.24, 2.45) is 17.3 Å². The molecule has 1 aliphatic rings. The molecule has 1 N–H and O–H groups in total. The Morgan fingerprint density at radius 1 is 1.38 bits per heavy atom. The zero-order valence-corrected chi connectivity index (χ0v) is 11.0. The second kappa shape index (κ2) is 5.70. The Balaban J connectivity index is 2.24. The van der Waals surface area contributed by atoms with E-state index in [0.29, 0.717) is 0 Å². The molecule has 0 unspecified atom stereocenters. The standard InChI is InChI=1S/C14H26O2/c1-11(2)5-4-6-12-7-9-14(3,10-8-12)13(15)16/h11-12H,4-10H2,1-3H3,(H,15,16). The van der Waals surface area contributed by atoms with Crippen molar-refractivity contribution in [3.63, 3.8) is 0 Å². The molecule has 94 valence electrons. The molecular formula is C14H26O2. The monoisotopic (exact) mass is 226 g/mol. The van der Waals surface area contributed by atoms with Crippen molar-refractivity contribution >= 4 is 5.97 Å². The molecule has 0 aromatic rings. The average Bonchev–Trinajstić information content (AvgIpc) is 2.20. The first-order valence-electron chi connectivity index (χ1n) is 6.67. The number of rotatable bonds is 5. The van der Waals surface area contributed by atoms with E-state index in [0.717, 1.165) is 37.5 Å². The van der Waals surface area contributed by atoms with Gasteiger partial charge in [-0.1, -0.05) is 33.1 Å². The van der Waals surface area contributed by atoms with Crippen LogP contribution < -0.4 is 0 Å². The molecule has 1 aliphatic carbocycles. The summed E-state index contributed by atoms with van der Waals surface area (Å²) >= 11 is 0. The highest BCUT2D eigenvalue weighted by molar-refractivity contribution is 5.74. The molecule has 0 aliphatic heterocycles. The highest BCUT2D eigenvalue weighted by Crippen LogP contribution is 2.40. The molecule has 1 rings (SSSR count). The Morgan fingerprint density at radius 2 is 1.94 bits per heavy atom. The molecule has 0 aromatic carbocycles. The maximum atomic E-state index is 11.1. The quantitative estimate of drug-likeness (QED) is 0.766. The van der Waals surface area contributed by atoms with E-state index in [1.54, 1.807) is 0 Å². The summed E-state index contributed by atoms with van der Waals surface area (Å²) in [5, 5.41) is 9.13. The van der Waals surface area contributed by atoms with Gasteiger partial charge in [0.05, 0.1) is 5.41 Å². The first-order chi connectivity index (χ1) is 7.44. The third kappa shape index (κ3) is 3.80. The van der Waals surface area contributed by atoms with Gasteiger partial charge in [-0.05, 0) is 44.4 Å². The Kier molecular flexibility index (Phi) is 4.82. The summed E-state index contributed by atoms with van der Waals surface area (Å²) in [6.45, 7) is 6.43. The van der Waals surface area contributed by atoms with Crippen LogP contribution in [0.1, 0.15) is 65.7 Å². The van der Waals surface area contributed by atoms with Crippen molar-refractivity contribution in [3.8, 4) is 0 Å². The van der Waals surface area contributed by atoms with E-state index in [1.165, 1.54) is 19.3 Å². The summed E-state index contributed by atoms with van der Waals surface area (Å²) in [5.74, 6) is 0.979. The molecule has 0 atom stereocenters. The van der Waals surface area contributed by atoms with Crippen molar-refractivity contribution in [1.82, 2.24) is 0 Å². The zero-order valence-electron chi connectivity index (χ0n) is 11.0. The Bertz CT molecular complexity index is 225. The van der Waals surface area contributed by atoms with Crippen LogP contribution in [0.15, 0.2) is 0 Å². The van der Waals surface area contributed by atoms with Crippen LogP contribution in [0, 0.1) is 17.3 Å². The van der Waals surface area contributed by atoms with Crippen LogP contribution in [0.25, 0.3) is 0 Å². The van der Waals surface area contributed by atoms with Gasteiger partial charge < -0.3 is 5.11 Å². The Morgan fingerprint density at radius 3 is 2.38 bits per heavy atom. The predicted molar refractivity (Wildman–Crippen MR) is 66.4 cm³/mol. The Hall–Kier alpha value is -0.530. The van der Waals surface area contributed by atoms with Crippen LogP contribution in [0.2, 0.25) is 0 Å². The minimum atomic E-state index is -0.604. The molecule has 0 amide bonds. The van der Waals surface area contributed by atoms with Gasteiger partial charge in [0.1, 0.15) is 0 Å². The molecule has 0 spiro atoms. The second-order valence-electron chi connectivity index (χ2n) is 6.13. The zero-order chi connectivity index (χ0) is 12.2. The van der Waals surface area contributed by atoms with Crippen LogP contribution in [0.3, 0.4) is 0 Å². The van der Waals surface area contributed by atoms with E-state index in [9.17, 15) is 4.79 Å². The third-order valence-electron chi connectivity index (χ3n) is 4.12. The lowest BCUT2D eigenvalue weighted by atomic mass is 9.70. The molecule has 16 heavy (non-hydrogen) atoms. The summed E-state index contributed by atoms with van der Waals surface area (Å²) in [6, 6.07) is 0. The van der Waals surface area contributed by atoms with Crippen LogP contribution in [0.4, 0.5) is 0 Å². The van der Waals surface area contributed by atoms with E-state index >= 15 is 0 Å². The molecule has 0 saturated heterocycles. The number of carboxylic acids is 1. The Labute approximate surface area is 99.4 Å². The second-order valence-corrected chi connectivity index (χ2v) is 6.13. The van der Waals surface area contributed by atoms with E-state index in [-0.39, 0.29) is 0 Å². The molecule has 2 nitrogen and oxygen atoms in total. The fourth-order valence-corrected chi connectivity index (χ4v) is 2.63. The molecule has 1 fully saturated rings. The number of hydrogen-bond donors (Lipinski definition) is 1. The normalized spacial score (nSPS) is 30.6. The summed E-state index contributed by atoms with van der Waals surface area (Å²) < 4.78 is 0. The molecule has 0 heterocycles. The van der Waals surface area contributed by atoms with Gasteiger partial charge in [0.25, 0.3) is 0 Å². The van der Waals surface area contributed by atoms with Gasteiger partial charge >= 0.3 is 5.97 Å². The maximum absolute atomic E-state index is 11.1. The minimum Gasteiger partial charge on any atom is -0.481 e. The topological polar surface area (TPSA) is 37.3 Å². The van der Waals surface area contributed by atoms with Crippen molar-refractivity contribution in [2.45, 2.75) is 65.7 Å². The van der Waals surface area contributed by atoms with Crippen molar-refractivity contribution < 1.29 is 9.90 Å². The van der Waals surface area contributed by atoms with Gasteiger partial charge in [-0.15, -0.1) is 0 Å². The number of hydrogen-bond acceptors (Lipinski definition) is 1. The average molecular weight is 226 g/mol. The van der Waals surface area contributed by atoms with Gasteiger partial charge in [0, 0.05) is 0 Å². The molecule has 0 bridgehead atoms. The largest absolute Gasteiger partial charge is 0.481 e. The third-order valence-corrected chi connectivity index (χ3v) is 4.12. The van der Waals surface area contributed by atoms with Gasteiger partial charge in [0.15, 0.2) is 0 Å². The van der Waals surface area contributed by atoms with Crippen LogP contribution in [0.5, 0.6) is 0 Å². The predicted octanol–water partition coefficient (Wildman–Crippen LogP) is 4.09. The number of aliphatic carboxylic acids is 1. The van der Waals surface area contributed by atoms with Crippen molar-refractivity contribution in [3.05, 3.63) is 0 Å². The molecule has 0 radical (unpaired) electrons. The van der Waals surface area contributed by atoms with Crippen molar-refractivity contribution in [2.75, 3.05) is 0 Å². The van der Waals surface area contributed by atoms with E-state index in [1.807, 2.05) is 6.92 Å². The molecule has 0 aromatic heterocycles. The smallest absolute Gasteiger partial charge is 0.309 e. The minimum absolute atomic E-state index is 0.436. The highest BCUT2D eigenvalue weighted by atomic mass is 16.4. The van der Waals surface area contributed by atoms with Crippen LogP contribution in [-0.4, -0.2) is 11.1 Å². The van der Waals surface area contributed by atoms with E-state index in [4.69, 9.17) is 5.11 Å². The number of carboxylic acid groups (broad SMARTS) is 1. The summed E-state index contributed by atoms with van der Waals surface area (Å²) in [6.07, 6.45) is 7.89. The lowest BCUT2D eigenvalue weighted by Crippen LogP contribution is -2.32. The fourth-order valence-electron chi connectivity index (χ4n) is 2.63. The summed E-state index contributed by atoms with van der Waals surface area (Å²) in [7, 11) is 0.